The summed E-state index contributed by atoms with van der Waals surface area (Å²) in [4.78, 5) is 11.7. The van der Waals surface area contributed by atoms with Crippen LogP contribution >= 0.6 is 11.6 Å². The van der Waals surface area contributed by atoms with Gasteiger partial charge in [0.05, 0.1) is 16.3 Å². The zero-order valence-electron chi connectivity index (χ0n) is 19.8. The van der Waals surface area contributed by atoms with Gasteiger partial charge in [-0.05, 0) is 49.9 Å². The van der Waals surface area contributed by atoms with E-state index in [1.54, 1.807) is 0 Å². The number of benzene rings is 2. The van der Waals surface area contributed by atoms with Gasteiger partial charge in [-0.15, -0.1) is 0 Å². The molecule has 2 fully saturated rings. The highest BCUT2D eigenvalue weighted by atomic mass is 35.5. The van der Waals surface area contributed by atoms with Crippen molar-refractivity contribution in [3.63, 3.8) is 0 Å². The van der Waals surface area contributed by atoms with Crippen LogP contribution in [0.2, 0.25) is 5.02 Å². The maximum absolute atomic E-state index is 9.17. The first-order valence-electron chi connectivity index (χ1n) is 12.6. The monoisotopic (exact) mass is 486 g/mol. The molecule has 2 heterocycles. The molecule has 1 aliphatic heterocycles. The Hall–Kier alpha value is -3.14. The van der Waals surface area contributed by atoms with E-state index in [0.29, 0.717) is 34.7 Å². The Morgan fingerprint density at radius 3 is 2.60 bits per heavy atom. The molecule has 1 saturated heterocycles. The standard InChI is InChI=1S/C28H31ClN6/c29-24-17-23(13-12-21(24)18-30)35-16-6-9-22(19-35)32-26-10-4-5-11-27(26)34-28-31-15-14-25(33-28)20-7-2-1-3-8-20/h1-3,7-8,12-15,17,22,26-27,32H,4-6,9-11,16,19H2,(H,31,33,34). The number of piperidine rings is 1. The molecule has 3 atom stereocenters. The number of nitriles is 1. The van der Waals surface area contributed by atoms with Gasteiger partial charge in [0.15, 0.2) is 0 Å². The Kier molecular flexibility index (Phi) is 7.46. The molecule has 3 aromatic rings. The van der Waals surface area contributed by atoms with Crippen LogP contribution in [-0.4, -0.2) is 41.2 Å². The Morgan fingerprint density at radius 2 is 1.80 bits per heavy atom. The highest BCUT2D eigenvalue weighted by Crippen LogP contribution is 2.28. The minimum absolute atomic E-state index is 0.300. The molecule has 180 valence electrons. The number of anilines is 2. The Balaban J connectivity index is 1.25. The molecule has 2 aromatic carbocycles. The lowest BCUT2D eigenvalue weighted by molar-refractivity contribution is 0.293. The molecular formula is C28H31ClN6. The van der Waals surface area contributed by atoms with E-state index in [9.17, 15) is 5.26 Å². The number of hydrogen-bond donors (Lipinski definition) is 2. The van der Waals surface area contributed by atoms with Crippen LogP contribution in [0.1, 0.15) is 44.1 Å². The summed E-state index contributed by atoms with van der Waals surface area (Å²) in [6.45, 7) is 1.94. The quantitative estimate of drug-likeness (QED) is 0.468. The molecule has 0 bridgehead atoms. The highest BCUT2D eigenvalue weighted by Gasteiger charge is 2.30. The van der Waals surface area contributed by atoms with Crippen LogP contribution in [-0.2, 0) is 0 Å². The van der Waals surface area contributed by atoms with Gasteiger partial charge in [0.1, 0.15) is 6.07 Å². The number of aromatic nitrogens is 2. The summed E-state index contributed by atoms with van der Waals surface area (Å²) >= 11 is 6.30. The predicted octanol–water partition coefficient (Wildman–Crippen LogP) is 5.65. The first-order valence-corrected chi connectivity index (χ1v) is 12.9. The van der Waals surface area contributed by atoms with Gasteiger partial charge in [-0.25, -0.2) is 9.97 Å². The molecule has 7 heteroatoms. The summed E-state index contributed by atoms with van der Waals surface area (Å²) in [6.07, 6.45) is 8.83. The van der Waals surface area contributed by atoms with Crippen LogP contribution in [0.4, 0.5) is 11.6 Å². The first kappa shape index (κ1) is 23.6. The molecule has 35 heavy (non-hydrogen) atoms. The van der Waals surface area contributed by atoms with Crippen molar-refractivity contribution in [1.82, 2.24) is 15.3 Å². The van der Waals surface area contributed by atoms with Crippen LogP contribution in [0.3, 0.4) is 0 Å². The Morgan fingerprint density at radius 1 is 0.971 bits per heavy atom. The van der Waals surface area contributed by atoms with E-state index in [1.807, 2.05) is 48.7 Å². The smallest absolute Gasteiger partial charge is 0.223 e. The minimum atomic E-state index is 0.300. The van der Waals surface area contributed by atoms with Crippen LogP contribution in [0.5, 0.6) is 0 Å². The summed E-state index contributed by atoms with van der Waals surface area (Å²) in [5.74, 6) is 0.697. The maximum Gasteiger partial charge on any atom is 0.223 e. The topological polar surface area (TPSA) is 76.9 Å². The zero-order chi connectivity index (χ0) is 24.0. The second-order valence-corrected chi connectivity index (χ2v) is 9.91. The lowest BCUT2D eigenvalue weighted by atomic mass is 9.89. The lowest BCUT2D eigenvalue weighted by Crippen LogP contribution is -2.55. The van der Waals surface area contributed by atoms with E-state index in [-0.39, 0.29) is 0 Å². The number of nitrogens with zero attached hydrogens (tertiary/aromatic N) is 4. The van der Waals surface area contributed by atoms with Gasteiger partial charge in [0.25, 0.3) is 0 Å². The van der Waals surface area contributed by atoms with Gasteiger partial charge < -0.3 is 15.5 Å². The van der Waals surface area contributed by atoms with Crippen LogP contribution in [0.15, 0.2) is 60.8 Å². The van der Waals surface area contributed by atoms with Gasteiger partial charge >= 0.3 is 0 Å². The second-order valence-electron chi connectivity index (χ2n) is 9.50. The van der Waals surface area contributed by atoms with Crippen molar-refractivity contribution in [2.24, 2.45) is 0 Å². The summed E-state index contributed by atoms with van der Waals surface area (Å²) in [5, 5.41) is 17.3. The average Bonchev–Trinajstić information content (AvgIpc) is 2.91. The highest BCUT2D eigenvalue weighted by molar-refractivity contribution is 6.32. The second kappa shape index (κ2) is 11.1. The van der Waals surface area contributed by atoms with Gasteiger partial charge in [-0.3, -0.25) is 0 Å². The average molecular weight is 487 g/mol. The van der Waals surface area contributed by atoms with Gasteiger partial charge in [0, 0.05) is 48.7 Å². The molecule has 2 N–H and O–H groups in total. The van der Waals surface area contributed by atoms with Crippen molar-refractivity contribution >= 4 is 23.2 Å². The van der Waals surface area contributed by atoms with E-state index in [0.717, 1.165) is 55.7 Å². The molecule has 0 spiro atoms. The fraction of sp³-hybridized carbons (Fsp3) is 0.393. The van der Waals surface area contributed by atoms with Crippen molar-refractivity contribution in [2.75, 3.05) is 23.3 Å². The molecule has 3 unspecified atom stereocenters. The van der Waals surface area contributed by atoms with E-state index in [4.69, 9.17) is 16.6 Å². The molecule has 2 aliphatic rings. The van der Waals surface area contributed by atoms with Crippen molar-refractivity contribution in [2.45, 2.75) is 56.7 Å². The molecule has 5 rings (SSSR count). The fourth-order valence-corrected chi connectivity index (χ4v) is 5.53. The molecule has 1 saturated carbocycles. The molecule has 1 aliphatic carbocycles. The molecule has 0 radical (unpaired) electrons. The summed E-state index contributed by atoms with van der Waals surface area (Å²) < 4.78 is 0. The Bertz CT molecular complexity index is 1180. The third-order valence-electron chi connectivity index (χ3n) is 7.12. The van der Waals surface area contributed by atoms with Gasteiger partial charge in [-0.2, -0.15) is 5.26 Å². The number of halogens is 1. The largest absolute Gasteiger partial charge is 0.370 e. The molecular weight excluding hydrogens is 456 g/mol. The zero-order valence-corrected chi connectivity index (χ0v) is 20.6. The molecule has 6 nitrogen and oxygen atoms in total. The first-order chi connectivity index (χ1) is 17.2. The number of hydrogen-bond acceptors (Lipinski definition) is 6. The van der Waals surface area contributed by atoms with Gasteiger partial charge in [-0.1, -0.05) is 54.8 Å². The number of nitrogens with one attached hydrogen (secondary N) is 2. The van der Waals surface area contributed by atoms with E-state index < -0.39 is 0 Å². The maximum atomic E-state index is 9.17. The minimum Gasteiger partial charge on any atom is -0.370 e. The Labute approximate surface area is 212 Å². The summed E-state index contributed by atoms with van der Waals surface area (Å²) in [6, 6.07) is 21.2. The lowest BCUT2D eigenvalue weighted by Gasteiger charge is -2.40. The summed E-state index contributed by atoms with van der Waals surface area (Å²) in [7, 11) is 0. The van der Waals surface area contributed by atoms with Crippen LogP contribution in [0, 0.1) is 11.3 Å². The van der Waals surface area contributed by atoms with Gasteiger partial charge in [0.2, 0.25) is 5.95 Å². The summed E-state index contributed by atoms with van der Waals surface area (Å²) in [5.41, 5.74) is 3.65. The van der Waals surface area contributed by atoms with Crippen LogP contribution in [0.25, 0.3) is 11.3 Å². The predicted molar refractivity (Wildman–Crippen MR) is 142 cm³/mol. The van der Waals surface area contributed by atoms with E-state index in [1.165, 1.54) is 12.8 Å². The SMILES string of the molecule is N#Cc1ccc(N2CCCC(NC3CCCCC3Nc3nccc(-c4ccccc4)n3)C2)cc1Cl. The van der Waals surface area contributed by atoms with Crippen molar-refractivity contribution in [3.05, 3.63) is 71.4 Å². The van der Waals surface area contributed by atoms with Crippen molar-refractivity contribution in [1.29, 1.82) is 5.26 Å². The third kappa shape index (κ3) is 5.75. The van der Waals surface area contributed by atoms with E-state index in [2.05, 4.69) is 38.7 Å². The van der Waals surface area contributed by atoms with Crippen molar-refractivity contribution in [3.8, 4) is 17.3 Å². The third-order valence-corrected chi connectivity index (χ3v) is 7.43. The van der Waals surface area contributed by atoms with Crippen LogP contribution < -0.4 is 15.5 Å². The van der Waals surface area contributed by atoms with E-state index >= 15 is 0 Å². The fourth-order valence-electron chi connectivity index (χ4n) is 5.31. The number of rotatable bonds is 6. The normalized spacial score (nSPS) is 22.4. The molecule has 0 amide bonds. The molecule has 1 aromatic heterocycles. The van der Waals surface area contributed by atoms with Crippen molar-refractivity contribution < 1.29 is 0 Å².